The number of nitrogens with zero attached hydrogens (tertiary/aromatic N) is 4. The second kappa shape index (κ2) is 5.59. The number of nitriles is 1. The molecule has 7 nitrogen and oxygen atoms in total. The summed E-state index contributed by atoms with van der Waals surface area (Å²) >= 11 is 0. The maximum atomic E-state index is 12.6. The van der Waals surface area contributed by atoms with Gasteiger partial charge in [0.1, 0.15) is 4.90 Å². The molecule has 1 aromatic rings. The van der Waals surface area contributed by atoms with Crippen LogP contribution in [0.4, 0.5) is 5.82 Å². The van der Waals surface area contributed by atoms with Crippen LogP contribution in [-0.2, 0) is 17.1 Å². The van der Waals surface area contributed by atoms with Gasteiger partial charge >= 0.3 is 0 Å². The van der Waals surface area contributed by atoms with Crippen molar-refractivity contribution >= 4 is 15.8 Å². The molecule has 106 valence electrons. The minimum absolute atomic E-state index is 0.0115. The third-order valence-corrected chi connectivity index (χ3v) is 5.13. The van der Waals surface area contributed by atoms with Crippen LogP contribution in [0.2, 0.25) is 0 Å². The molecule has 0 spiro atoms. The van der Waals surface area contributed by atoms with Gasteiger partial charge in [-0.3, -0.25) is 4.68 Å². The van der Waals surface area contributed by atoms with Gasteiger partial charge in [0, 0.05) is 26.1 Å². The zero-order valence-corrected chi connectivity index (χ0v) is 12.4. The van der Waals surface area contributed by atoms with Crippen LogP contribution in [0.1, 0.15) is 26.0 Å². The lowest BCUT2D eigenvalue weighted by atomic mass is 10.3. The Morgan fingerprint density at radius 1 is 1.53 bits per heavy atom. The molecule has 0 radical (unpaired) electrons. The van der Waals surface area contributed by atoms with Gasteiger partial charge in [0.05, 0.1) is 11.8 Å². The van der Waals surface area contributed by atoms with E-state index in [1.165, 1.54) is 8.99 Å². The summed E-state index contributed by atoms with van der Waals surface area (Å²) in [6.45, 7) is 5.32. The van der Waals surface area contributed by atoms with Crippen molar-refractivity contribution in [3.63, 3.8) is 0 Å². The fourth-order valence-corrected chi connectivity index (χ4v) is 3.80. The van der Waals surface area contributed by atoms with Crippen LogP contribution < -0.4 is 5.73 Å². The topological polar surface area (TPSA) is 105 Å². The Morgan fingerprint density at radius 3 is 2.47 bits per heavy atom. The quantitative estimate of drug-likeness (QED) is 0.854. The van der Waals surface area contributed by atoms with Crippen molar-refractivity contribution in [1.29, 1.82) is 5.26 Å². The van der Waals surface area contributed by atoms with E-state index in [2.05, 4.69) is 5.10 Å². The third kappa shape index (κ3) is 2.88. The molecule has 0 aromatic carbocycles. The summed E-state index contributed by atoms with van der Waals surface area (Å²) in [6.07, 6.45) is 0.136. The number of anilines is 1. The molecule has 0 aliphatic heterocycles. The molecule has 0 atom stereocenters. The Labute approximate surface area is 113 Å². The van der Waals surface area contributed by atoms with Crippen molar-refractivity contribution in [3.05, 3.63) is 5.69 Å². The van der Waals surface area contributed by atoms with Crippen LogP contribution in [0.25, 0.3) is 0 Å². The van der Waals surface area contributed by atoms with Gasteiger partial charge in [-0.2, -0.15) is 14.7 Å². The monoisotopic (exact) mass is 285 g/mol. The van der Waals surface area contributed by atoms with E-state index in [1.54, 1.807) is 27.8 Å². The summed E-state index contributed by atoms with van der Waals surface area (Å²) in [4.78, 5) is 0.0293. The standard InChI is InChI=1S/C11H19N5O2S/c1-8(2)16(7-5-6-12)19(17,18)10-9(3)15(4)14-11(10)13/h8H,5,7H2,1-4H3,(H2,13,14). The van der Waals surface area contributed by atoms with Crippen molar-refractivity contribution in [1.82, 2.24) is 14.1 Å². The van der Waals surface area contributed by atoms with E-state index < -0.39 is 10.0 Å². The lowest BCUT2D eigenvalue weighted by Gasteiger charge is -2.24. The first-order chi connectivity index (χ1) is 8.73. The summed E-state index contributed by atoms with van der Waals surface area (Å²) in [5.74, 6) is -0.0115. The van der Waals surface area contributed by atoms with Crippen molar-refractivity contribution in [2.24, 2.45) is 7.05 Å². The Morgan fingerprint density at radius 2 is 2.11 bits per heavy atom. The van der Waals surface area contributed by atoms with E-state index in [-0.39, 0.29) is 29.7 Å². The predicted octanol–water partition coefficient (Wildman–Crippen LogP) is 0.623. The van der Waals surface area contributed by atoms with E-state index in [4.69, 9.17) is 11.0 Å². The number of sulfonamides is 1. The fourth-order valence-electron chi connectivity index (χ4n) is 1.87. The second-order valence-corrected chi connectivity index (χ2v) is 6.37. The first kappa shape index (κ1) is 15.5. The van der Waals surface area contributed by atoms with E-state index >= 15 is 0 Å². The SMILES string of the molecule is Cc1c(S(=O)(=O)N(CCC#N)C(C)C)c(N)nn1C. The molecule has 0 aliphatic carbocycles. The number of rotatable bonds is 5. The average molecular weight is 285 g/mol. The molecule has 0 amide bonds. The van der Waals surface area contributed by atoms with Gasteiger partial charge in [-0.15, -0.1) is 0 Å². The molecule has 2 N–H and O–H groups in total. The van der Waals surface area contributed by atoms with Crippen LogP contribution in [0.15, 0.2) is 4.90 Å². The lowest BCUT2D eigenvalue weighted by Crippen LogP contribution is -2.38. The Bertz CT molecular complexity index is 597. The van der Waals surface area contributed by atoms with E-state index in [1.807, 2.05) is 6.07 Å². The largest absolute Gasteiger partial charge is 0.381 e. The molecule has 8 heteroatoms. The first-order valence-corrected chi connectivity index (χ1v) is 7.35. The molecule has 0 unspecified atom stereocenters. The number of aromatic nitrogens is 2. The van der Waals surface area contributed by atoms with E-state index in [0.29, 0.717) is 5.69 Å². The van der Waals surface area contributed by atoms with Crippen molar-refractivity contribution in [2.45, 2.75) is 38.1 Å². The fraction of sp³-hybridized carbons (Fsp3) is 0.636. The zero-order valence-electron chi connectivity index (χ0n) is 11.6. The van der Waals surface area contributed by atoms with Crippen LogP contribution >= 0.6 is 0 Å². The second-order valence-electron chi connectivity index (χ2n) is 4.54. The Hall–Kier alpha value is -1.59. The molecular formula is C11H19N5O2S. The molecule has 0 saturated heterocycles. The maximum absolute atomic E-state index is 12.6. The maximum Gasteiger partial charge on any atom is 0.248 e. The highest BCUT2D eigenvalue weighted by molar-refractivity contribution is 7.89. The van der Waals surface area contributed by atoms with Crippen LogP contribution in [0.3, 0.4) is 0 Å². The lowest BCUT2D eigenvalue weighted by molar-refractivity contribution is 0.360. The number of hydrogen-bond donors (Lipinski definition) is 1. The van der Waals surface area contributed by atoms with E-state index in [0.717, 1.165) is 0 Å². The zero-order chi connectivity index (χ0) is 14.8. The molecule has 0 bridgehead atoms. The summed E-state index contributed by atoms with van der Waals surface area (Å²) in [7, 11) is -2.10. The minimum atomic E-state index is -3.74. The van der Waals surface area contributed by atoms with Gasteiger partial charge in [-0.1, -0.05) is 0 Å². The average Bonchev–Trinajstić information content (AvgIpc) is 2.52. The number of nitrogens with two attached hydrogens (primary N) is 1. The first-order valence-electron chi connectivity index (χ1n) is 5.91. The van der Waals surface area contributed by atoms with Gasteiger partial charge in [0.2, 0.25) is 10.0 Å². The highest BCUT2D eigenvalue weighted by Gasteiger charge is 2.32. The van der Waals surface area contributed by atoms with Gasteiger partial charge in [-0.05, 0) is 20.8 Å². The van der Waals surface area contributed by atoms with Crippen molar-refractivity contribution in [3.8, 4) is 6.07 Å². The summed E-state index contributed by atoms with van der Waals surface area (Å²) in [5.41, 5.74) is 6.18. The van der Waals surface area contributed by atoms with Crippen LogP contribution in [0.5, 0.6) is 0 Å². The predicted molar refractivity (Wildman–Crippen MR) is 71.6 cm³/mol. The number of hydrogen-bond acceptors (Lipinski definition) is 5. The number of aryl methyl sites for hydroxylation is 1. The normalized spacial score (nSPS) is 12.1. The third-order valence-electron chi connectivity index (χ3n) is 2.89. The summed E-state index contributed by atoms with van der Waals surface area (Å²) < 4.78 is 27.9. The molecule has 1 aromatic heterocycles. The minimum Gasteiger partial charge on any atom is -0.381 e. The molecule has 1 heterocycles. The molecule has 0 aliphatic rings. The van der Waals surface area contributed by atoms with Gasteiger partial charge in [-0.25, -0.2) is 8.42 Å². The number of nitrogen functional groups attached to an aromatic ring is 1. The molecule has 19 heavy (non-hydrogen) atoms. The van der Waals surface area contributed by atoms with Crippen LogP contribution in [-0.4, -0.2) is 35.1 Å². The Kier molecular flexibility index (Phi) is 4.55. The summed E-state index contributed by atoms with van der Waals surface area (Å²) in [5, 5.41) is 12.6. The molecule has 0 fully saturated rings. The van der Waals surface area contributed by atoms with Gasteiger partial charge in [0.15, 0.2) is 5.82 Å². The smallest absolute Gasteiger partial charge is 0.248 e. The van der Waals surface area contributed by atoms with Gasteiger partial charge in [0.25, 0.3) is 0 Å². The van der Waals surface area contributed by atoms with Gasteiger partial charge < -0.3 is 5.73 Å². The highest BCUT2D eigenvalue weighted by Crippen LogP contribution is 2.26. The molecular weight excluding hydrogens is 266 g/mol. The highest BCUT2D eigenvalue weighted by atomic mass is 32.2. The van der Waals surface area contributed by atoms with E-state index in [9.17, 15) is 8.42 Å². The Balaban J connectivity index is 3.32. The summed E-state index contributed by atoms with van der Waals surface area (Å²) in [6, 6.07) is 1.70. The molecule has 1 rings (SSSR count). The van der Waals surface area contributed by atoms with Crippen LogP contribution in [0, 0.1) is 18.3 Å². The molecule has 0 saturated carbocycles. The van der Waals surface area contributed by atoms with Crippen molar-refractivity contribution in [2.75, 3.05) is 12.3 Å². The van der Waals surface area contributed by atoms with Crippen molar-refractivity contribution < 1.29 is 8.42 Å².